The van der Waals surface area contributed by atoms with Crippen molar-refractivity contribution in [1.82, 2.24) is 4.57 Å². The van der Waals surface area contributed by atoms with Crippen molar-refractivity contribution in [2.45, 2.75) is 64.1 Å². The summed E-state index contributed by atoms with van der Waals surface area (Å²) in [5.74, 6) is 0.572. The quantitative estimate of drug-likeness (QED) is 0.550. The van der Waals surface area contributed by atoms with Gasteiger partial charge in [0.1, 0.15) is 25.0 Å². The summed E-state index contributed by atoms with van der Waals surface area (Å²) in [5, 5.41) is 10.5. The second-order valence-electron chi connectivity index (χ2n) is 8.62. The molecule has 1 aromatic heterocycles. The molecule has 3 rings (SSSR count). The van der Waals surface area contributed by atoms with Crippen molar-refractivity contribution in [3.63, 3.8) is 0 Å². The van der Waals surface area contributed by atoms with E-state index >= 15 is 0 Å². The van der Waals surface area contributed by atoms with Gasteiger partial charge in [-0.3, -0.25) is 0 Å². The predicted molar refractivity (Wildman–Crippen MR) is 116 cm³/mol. The van der Waals surface area contributed by atoms with Gasteiger partial charge in [0.15, 0.2) is 0 Å². The molecule has 1 aliphatic rings. The number of aliphatic hydroxyl groups is 1. The number of nitrogens with zero attached hydrogens (tertiary/aromatic N) is 1. The maximum absolute atomic E-state index is 13.6. The molecule has 0 amide bonds. The Hall–Kier alpha value is -1.91. The van der Waals surface area contributed by atoms with Crippen LogP contribution < -0.4 is 4.90 Å². The molecule has 0 spiro atoms. The summed E-state index contributed by atoms with van der Waals surface area (Å²) in [6, 6.07) is 11.1. The van der Waals surface area contributed by atoms with E-state index in [2.05, 4.69) is 29.5 Å². The molecule has 158 valence electrons. The Morgan fingerprint density at radius 1 is 1.21 bits per heavy atom. The van der Waals surface area contributed by atoms with Crippen LogP contribution in [0.15, 0.2) is 55.3 Å². The predicted octanol–water partition coefficient (Wildman–Crippen LogP) is 3.97. The van der Waals surface area contributed by atoms with E-state index in [-0.39, 0.29) is 11.9 Å². The second kappa shape index (κ2) is 11.3. The van der Waals surface area contributed by atoms with Gasteiger partial charge in [0, 0.05) is 18.7 Å². The number of halogens is 1. The van der Waals surface area contributed by atoms with Gasteiger partial charge in [-0.15, -0.1) is 6.58 Å². The van der Waals surface area contributed by atoms with Crippen molar-refractivity contribution in [1.29, 1.82) is 0 Å². The Kier molecular flexibility index (Phi) is 8.51. The lowest BCUT2D eigenvalue weighted by atomic mass is 9.89. The van der Waals surface area contributed by atoms with Crippen LogP contribution in [0.5, 0.6) is 0 Å². The van der Waals surface area contributed by atoms with E-state index in [0.29, 0.717) is 6.54 Å². The first-order valence-electron chi connectivity index (χ1n) is 11.1. The average molecular weight is 400 g/mol. The van der Waals surface area contributed by atoms with Gasteiger partial charge < -0.3 is 14.6 Å². The van der Waals surface area contributed by atoms with E-state index in [4.69, 9.17) is 0 Å². The van der Waals surface area contributed by atoms with Gasteiger partial charge in [-0.2, -0.15) is 0 Å². The van der Waals surface area contributed by atoms with E-state index in [1.54, 1.807) is 12.1 Å². The van der Waals surface area contributed by atoms with Crippen LogP contribution in [-0.2, 0) is 13.1 Å². The Labute approximate surface area is 174 Å². The number of hydrogen-bond acceptors (Lipinski definition) is 1. The lowest BCUT2D eigenvalue weighted by molar-refractivity contribution is -0.920. The van der Waals surface area contributed by atoms with Crippen molar-refractivity contribution in [3.8, 4) is 0 Å². The number of benzene rings is 1. The monoisotopic (exact) mass is 399 g/mol. The fourth-order valence-corrected chi connectivity index (χ4v) is 4.63. The summed E-state index contributed by atoms with van der Waals surface area (Å²) in [7, 11) is 0. The number of hydrogen-bond donors (Lipinski definition) is 2. The van der Waals surface area contributed by atoms with Gasteiger partial charge in [0.25, 0.3) is 0 Å². The molecule has 0 saturated heterocycles. The normalized spacial score (nSPS) is 17.2. The number of nitrogens with one attached hydrogen (secondary N) is 1. The van der Waals surface area contributed by atoms with Crippen LogP contribution in [0.4, 0.5) is 4.39 Å². The summed E-state index contributed by atoms with van der Waals surface area (Å²) >= 11 is 0. The highest BCUT2D eigenvalue weighted by Gasteiger charge is 2.23. The summed E-state index contributed by atoms with van der Waals surface area (Å²) in [5.41, 5.74) is 2.22. The van der Waals surface area contributed by atoms with Crippen molar-refractivity contribution >= 4 is 0 Å². The third-order valence-electron chi connectivity index (χ3n) is 6.13. The van der Waals surface area contributed by atoms with E-state index < -0.39 is 0 Å². The average Bonchev–Trinajstić information content (AvgIpc) is 3.13. The molecule has 3 nitrogen and oxygen atoms in total. The number of allylic oxidation sites excluding steroid dienone is 1. The highest BCUT2D eigenvalue weighted by atomic mass is 19.1. The van der Waals surface area contributed by atoms with Crippen LogP contribution in [0.2, 0.25) is 0 Å². The van der Waals surface area contributed by atoms with Gasteiger partial charge >= 0.3 is 0 Å². The first-order chi connectivity index (χ1) is 14.1. The smallest absolute Gasteiger partial charge is 0.123 e. The van der Waals surface area contributed by atoms with Gasteiger partial charge in [-0.1, -0.05) is 37.5 Å². The van der Waals surface area contributed by atoms with Crippen molar-refractivity contribution in [2.75, 3.05) is 13.1 Å². The van der Waals surface area contributed by atoms with Crippen LogP contribution in [0.25, 0.3) is 0 Å². The van der Waals surface area contributed by atoms with Crippen LogP contribution in [0.3, 0.4) is 0 Å². The molecule has 1 aliphatic carbocycles. The molecular formula is C25H36FN2O+. The van der Waals surface area contributed by atoms with E-state index in [1.165, 1.54) is 48.8 Å². The lowest BCUT2D eigenvalue weighted by Gasteiger charge is -2.29. The zero-order valence-corrected chi connectivity index (χ0v) is 17.5. The van der Waals surface area contributed by atoms with Gasteiger partial charge in [0.05, 0.1) is 12.2 Å². The maximum Gasteiger partial charge on any atom is 0.123 e. The molecule has 29 heavy (non-hydrogen) atoms. The van der Waals surface area contributed by atoms with Gasteiger partial charge in [-0.05, 0) is 55.5 Å². The minimum Gasteiger partial charge on any atom is -0.387 e. The van der Waals surface area contributed by atoms with Crippen molar-refractivity contribution in [2.24, 2.45) is 5.92 Å². The standard InChI is InChI=1S/C25H35FN2O/c1-2-3-14-25(29)20-27(17-21-9-5-4-6-10-21)19-24-13-8-15-28(24)18-22-11-7-12-23(26)16-22/h2,7-8,11-13,15-16,21,25,29H,1,3-6,9-10,14,17-20H2/p+1/t25-/m1/s1. The molecule has 1 heterocycles. The molecule has 2 N–H and O–H groups in total. The molecule has 4 heteroatoms. The Morgan fingerprint density at radius 2 is 2.03 bits per heavy atom. The number of aliphatic hydroxyl groups excluding tert-OH is 1. The zero-order valence-electron chi connectivity index (χ0n) is 17.5. The SMILES string of the molecule is C=CCC[C@@H](O)C[NH+](Cc1cccn1Cc1cccc(F)c1)CC1CCCCC1. The number of aromatic nitrogens is 1. The largest absolute Gasteiger partial charge is 0.387 e. The fourth-order valence-electron chi connectivity index (χ4n) is 4.63. The minimum absolute atomic E-state index is 0.189. The number of rotatable bonds is 11. The molecule has 0 bridgehead atoms. The van der Waals surface area contributed by atoms with E-state index in [9.17, 15) is 9.50 Å². The highest BCUT2D eigenvalue weighted by Crippen LogP contribution is 2.22. The Morgan fingerprint density at radius 3 is 2.79 bits per heavy atom. The third-order valence-corrected chi connectivity index (χ3v) is 6.13. The molecule has 1 aromatic carbocycles. The highest BCUT2D eigenvalue weighted by molar-refractivity contribution is 5.18. The Bertz CT molecular complexity index is 751. The summed E-state index contributed by atoms with van der Waals surface area (Å²) < 4.78 is 15.8. The van der Waals surface area contributed by atoms with Crippen LogP contribution in [0, 0.1) is 11.7 Å². The van der Waals surface area contributed by atoms with Gasteiger partial charge in [0.2, 0.25) is 0 Å². The minimum atomic E-state index is -0.293. The first kappa shape index (κ1) is 21.8. The fraction of sp³-hybridized carbons (Fsp3) is 0.520. The lowest BCUT2D eigenvalue weighted by Crippen LogP contribution is -3.12. The zero-order chi connectivity index (χ0) is 20.5. The summed E-state index contributed by atoms with van der Waals surface area (Å²) in [4.78, 5) is 1.45. The molecule has 0 aliphatic heterocycles. The molecule has 1 unspecified atom stereocenters. The van der Waals surface area contributed by atoms with Crippen LogP contribution in [-0.4, -0.2) is 28.9 Å². The summed E-state index contributed by atoms with van der Waals surface area (Å²) in [6.07, 6.45) is 12.0. The molecule has 2 atom stereocenters. The molecule has 0 radical (unpaired) electrons. The topological polar surface area (TPSA) is 29.6 Å². The van der Waals surface area contributed by atoms with Crippen LogP contribution >= 0.6 is 0 Å². The molecular weight excluding hydrogens is 363 g/mol. The first-order valence-corrected chi connectivity index (χ1v) is 11.1. The molecule has 1 saturated carbocycles. The van der Waals surface area contributed by atoms with E-state index in [1.807, 2.05) is 12.1 Å². The summed E-state index contributed by atoms with van der Waals surface area (Å²) in [6.45, 7) is 7.24. The number of quaternary nitrogens is 1. The maximum atomic E-state index is 13.6. The van der Waals surface area contributed by atoms with Gasteiger partial charge in [-0.25, -0.2) is 4.39 Å². The second-order valence-corrected chi connectivity index (χ2v) is 8.62. The van der Waals surface area contributed by atoms with E-state index in [0.717, 1.165) is 44.0 Å². The third kappa shape index (κ3) is 7.13. The van der Waals surface area contributed by atoms with Crippen molar-refractivity contribution < 1.29 is 14.4 Å². The molecule has 2 aromatic rings. The van der Waals surface area contributed by atoms with Crippen molar-refractivity contribution in [3.05, 3.63) is 72.3 Å². The Balaban J connectivity index is 1.67. The molecule has 1 fully saturated rings. The van der Waals surface area contributed by atoms with Crippen LogP contribution in [0.1, 0.15) is 56.2 Å².